The topological polar surface area (TPSA) is 43.6 Å². The molecular weight excluding hydrogens is 316 g/mol. The number of thiazole rings is 1. The van der Waals surface area contributed by atoms with Gasteiger partial charge in [-0.15, -0.1) is 11.3 Å². The summed E-state index contributed by atoms with van der Waals surface area (Å²) in [5, 5.41) is 1.96. The molecule has 0 aliphatic heterocycles. The van der Waals surface area contributed by atoms with Crippen molar-refractivity contribution < 1.29 is 4.74 Å². The van der Waals surface area contributed by atoms with Gasteiger partial charge in [0, 0.05) is 28.6 Å². The lowest BCUT2D eigenvalue weighted by atomic mass is 10.2. The first-order valence-corrected chi connectivity index (χ1v) is 8.88. The second-order valence-electron chi connectivity index (χ2n) is 4.93. The number of hydrogen-bond acceptors (Lipinski definition) is 5. The molecule has 2 heterocycles. The fourth-order valence-corrected chi connectivity index (χ4v) is 3.98. The number of benzene rings is 1. The van der Waals surface area contributed by atoms with Gasteiger partial charge in [0.25, 0.3) is 5.56 Å². The Labute approximate surface area is 136 Å². The molecule has 1 aromatic carbocycles. The van der Waals surface area contributed by atoms with Crippen LogP contribution in [0.3, 0.4) is 0 Å². The van der Waals surface area contributed by atoms with Gasteiger partial charge >= 0.3 is 0 Å². The highest BCUT2D eigenvalue weighted by atomic mass is 32.2. The highest BCUT2D eigenvalue weighted by Crippen LogP contribution is 2.21. The molecular formula is C16H16N2O2S2. The number of fused-ring (bicyclic) bond motifs is 1. The van der Waals surface area contributed by atoms with E-state index < -0.39 is 0 Å². The number of rotatable bonds is 5. The molecule has 0 aliphatic rings. The molecule has 0 unspecified atom stereocenters. The summed E-state index contributed by atoms with van der Waals surface area (Å²) in [6.07, 6.45) is 0. The van der Waals surface area contributed by atoms with Crippen molar-refractivity contribution in [3.8, 4) is 5.75 Å². The average Bonchev–Trinajstić information content (AvgIpc) is 2.89. The van der Waals surface area contributed by atoms with Crippen LogP contribution in [0.25, 0.3) is 4.96 Å². The monoisotopic (exact) mass is 332 g/mol. The Morgan fingerprint density at radius 3 is 3.00 bits per heavy atom. The lowest BCUT2D eigenvalue weighted by Gasteiger charge is -2.05. The van der Waals surface area contributed by atoms with Gasteiger partial charge in [-0.3, -0.25) is 9.20 Å². The third kappa shape index (κ3) is 3.18. The molecule has 0 fully saturated rings. The van der Waals surface area contributed by atoms with Crippen LogP contribution in [-0.2, 0) is 11.5 Å². The Morgan fingerprint density at radius 2 is 2.18 bits per heavy atom. The van der Waals surface area contributed by atoms with Crippen LogP contribution in [0.2, 0.25) is 0 Å². The van der Waals surface area contributed by atoms with E-state index >= 15 is 0 Å². The third-order valence-electron chi connectivity index (χ3n) is 3.28. The van der Waals surface area contributed by atoms with Gasteiger partial charge in [0.2, 0.25) is 0 Å². The molecule has 4 nitrogen and oxygen atoms in total. The van der Waals surface area contributed by atoms with E-state index in [4.69, 9.17) is 4.74 Å². The van der Waals surface area contributed by atoms with Gasteiger partial charge in [-0.25, -0.2) is 4.98 Å². The fraction of sp³-hybridized carbons (Fsp3) is 0.250. The molecule has 0 spiro atoms. The lowest BCUT2D eigenvalue weighted by Crippen LogP contribution is -2.14. The van der Waals surface area contributed by atoms with Crippen molar-refractivity contribution in [1.82, 2.24) is 9.38 Å². The summed E-state index contributed by atoms with van der Waals surface area (Å²) in [5.74, 6) is 2.45. The van der Waals surface area contributed by atoms with Crippen molar-refractivity contribution in [2.45, 2.75) is 18.4 Å². The first-order valence-electron chi connectivity index (χ1n) is 6.85. The first-order chi connectivity index (χ1) is 10.7. The minimum absolute atomic E-state index is 0.000676. The van der Waals surface area contributed by atoms with E-state index in [1.807, 2.05) is 30.5 Å². The smallest absolute Gasteiger partial charge is 0.258 e. The van der Waals surface area contributed by atoms with Crippen LogP contribution in [0.1, 0.15) is 17.0 Å². The molecule has 0 N–H and O–H groups in total. The molecule has 6 heteroatoms. The van der Waals surface area contributed by atoms with Crippen LogP contribution in [0.5, 0.6) is 5.75 Å². The molecule has 0 bridgehead atoms. The van der Waals surface area contributed by atoms with E-state index in [0.717, 1.165) is 33.6 Å². The molecule has 3 rings (SSSR count). The molecule has 0 atom stereocenters. The van der Waals surface area contributed by atoms with Crippen molar-refractivity contribution in [1.29, 1.82) is 0 Å². The van der Waals surface area contributed by atoms with Crippen molar-refractivity contribution in [2.24, 2.45) is 0 Å². The van der Waals surface area contributed by atoms with E-state index in [-0.39, 0.29) is 5.56 Å². The highest BCUT2D eigenvalue weighted by Gasteiger charge is 2.06. The summed E-state index contributed by atoms with van der Waals surface area (Å²) >= 11 is 3.24. The minimum atomic E-state index is 0.000676. The summed E-state index contributed by atoms with van der Waals surface area (Å²) in [4.78, 5) is 17.4. The number of nitrogens with zero attached hydrogens (tertiary/aromatic N) is 2. The molecule has 0 radical (unpaired) electrons. The number of aryl methyl sites for hydroxylation is 1. The molecule has 3 aromatic rings. The van der Waals surface area contributed by atoms with Crippen LogP contribution in [-0.4, -0.2) is 16.5 Å². The Kier molecular flexibility index (Phi) is 4.49. The van der Waals surface area contributed by atoms with Crippen LogP contribution in [0.15, 0.2) is 40.5 Å². The number of thioether (sulfide) groups is 1. The molecule has 0 amide bonds. The van der Waals surface area contributed by atoms with E-state index in [1.165, 1.54) is 16.9 Å². The number of ether oxygens (including phenoxy) is 1. The SMILES string of the molecule is COc1cccc(CSCc2cc(=O)n3c(C)csc3n2)c1. The summed E-state index contributed by atoms with van der Waals surface area (Å²) < 4.78 is 6.88. The van der Waals surface area contributed by atoms with E-state index in [9.17, 15) is 4.79 Å². The van der Waals surface area contributed by atoms with Crippen molar-refractivity contribution in [3.05, 3.63) is 63.0 Å². The standard InChI is InChI=1S/C16H16N2O2S2/c1-11-8-22-16-17-13(7-15(19)18(11)16)10-21-9-12-4-3-5-14(6-12)20-2/h3-8H,9-10H2,1-2H3. The van der Waals surface area contributed by atoms with Crippen LogP contribution < -0.4 is 10.3 Å². The van der Waals surface area contributed by atoms with Gasteiger partial charge in [0.1, 0.15) is 5.75 Å². The van der Waals surface area contributed by atoms with Gasteiger partial charge in [0.05, 0.1) is 12.8 Å². The number of aromatic nitrogens is 2. The fourth-order valence-electron chi connectivity index (χ4n) is 2.21. The predicted octanol–water partition coefficient (Wildman–Crippen LogP) is 3.51. The van der Waals surface area contributed by atoms with Gasteiger partial charge in [-0.2, -0.15) is 11.8 Å². The quantitative estimate of drug-likeness (QED) is 0.717. The van der Waals surface area contributed by atoms with Gasteiger partial charge in [-0.05, 0) is 24.6 Å². The Balaban J connectivity index is 1.70. The summed E-state index contributed by atoms with van der Waals surface area (Å²) in [6, 6.07) is 9.65. The Bertz CT molecular complexity index is 855. The first kappa shape index (κ1) is 15.1. The highest BCUT2D eigenvalue weighted by molar-refractivity contribution is 7.97. The largest absolute Gasteiger partial charge is 0.497 e. The maximum absolute atomic E-state index is 12.1. The predicted molar refractivity (Wildman–Crippen MR) is 92.1 cm³/mol. The van der Waals surface area contributed by atoms with E-state index in [0.29, 0.717) is 0 Å². The zero-order chi connectivity index (χ0) is 15.5. The molecule has 114 valence electrons. The molecule has 0 saturated heterocycles. The third-order valence-corrected chi connectivity index (χ3v) is 5.26. The maximum atomic E-state index is 12.1. The zero-order valence-corrected chi connectivity index (χ0v) is 14.0. The van der Waals surface area contributed by atoms with Gasteiger partial charge < -0.3 is 4.74 Å². The Morgan fingerprint density at radius 1 is 1.32 bits per heavy atom. The van der Waals surface area contributed by atoms with Gasteiger partial charge in [-0.1, -0.05) is 12.1 Å². The van der Waals surface area contributed by atoms with Crippen molar-refractivity contribution >= 4 is 28.1 Å². The van der Waals surface area contributed by atoms with Crippen molar-refractivity contribution in [2.75, 3.05) is 7.11 Å². The number of methoxy groups -OCH3 is 1. The maximum Gasteiger partial charge on any atom is 0.258 e. The van der Waals surface area contributed by atoms with Gasteiger partial charge in [0.15, 0.2) is 4.96 Å². The zero-order valence-electron chi connectivity index (χ0n) is 12.4. The second-order valence-corrected chi connectivity index (χ2v) is 6.75. The summed E-state index contributed by atoms with van der Waals surface area (Å²) in [6.45, 7) is 1.92. The molecule has 0 aliphatic carbocycles. The minimum Gasteiger partial charge on any atom is -0.497 e. The molecule has 2 aromatic heterocycles. The van der Waals surface area contributed by atoms with Crippen LogP contribution in [0, 0.1) is 6.92 Å². The number of hydrogen-bond donors (Lipinski definition) is 0. The van der Waals surface area contributed by atoms with E-state index in [1.54, 1.807) is 29.3 Å². The Hall–Kier alpha value is -1.79. The van der Waals surface area contributed by atoms with Crippen LogP contribution >= 0.6 is 23.1 Å². The molecule has 0 saturated carbocycles. The normalized spacial score (nSPS) is 11.0. The summed E-state index contributed by atoms with van der Waals surface area (Å²) in [7, 11) is 1.67. The summed E-state index contributed by atoms with van der Waals surface area (Å²) in [5.41, 5.74) is 2.97. The molecule has 22 heavy (non-hydrogen) atoms. The lowest BCUT2D eigenvalue weighted by molar-refractivity contribution is 0.414. The van der Waals surface area contributed by atoms with Crippen LogP contribution in [0.4, 0.5) is 0 Å². The second kappa shape index (κ2) is 6.54. The van der Waals surface area contributed by atoms with Crippen molar-refractivity contribution in [3.63, 3.8) is 0 Å². The van der Waals surface area contributed by atoms with E-state index in [2.05, 4.69) is 11.1 Å². The average molecular weight is 332 g/mol.